The lowest BCUT2D eigenvalue weighted by Crippen LogP contribution is -2.22. The zero-order valence-electron chi connectivity index (χ0n) is 15.0. The van der Waals surface area contributed by atoms with E-state index < -0.39 is 0 Å². The van der Waals surface area contributed by atoms with Gasteiger partial charge in [-0.15, -0.1) is 0 Å². The van der Waals surface area contributed by atoms with E-state index in [1.54, 1.807) is 0 Å². The van der Waals surface area contributed by atoms with E-state index in [0.717, 1.165) is 34.0 Å². The smallest absolute Gasteiger partial charge is 0.243 e. The SMILES string of the molecule is Cc1ccc(C)c(NC(=O)CNc2ccc(Oc3ccccc3)cc2)c1. The Morgan fingerprint density at radius 1 is 0.885 bits per heavy atom. The molecule has 4 nitrogen and oxygen atoms in total. The number of amides is 1. The van der Waals surface area contributed by atoms with Crippen molar-refractivity contribution in [2.24, 2.45) is 0 Å². The third-order valence-electron chi connectivity index (χ3n) is 3.95. The van der Waals surface area contributed by atoms with Gasteiger partial charge in [-0.2, -0.15) is 0 Å². The highest BCUT2D eigenvalue weighted by atomic mass is 16.5. The fraction of sp³-hybridized carbons (Fsp3) is 0.136. The molecule has 3 aromatic carbocycles. The Kier molecular flexibility index (Phi) is 5.54. The summed E-state index contributed by atoms with van der Waals surface area (Å²) >= 11 is 0. The molecule has 1 amide bonds. The van der Waals surface area contributed by atoms with Gasteiger partial charge in [-0.05, 0) is 67.4 Å². The topological polar surface area (TPSA) is 50.4 Å². The van der Waals surface area contributed by atoms with Crippen molar-refractivity contribution in [3.8, 4) is 11.5 Å². The van der Waals surface area contributed by atoms with Crippen molar-refractivity contribution < 1.29 is 9.53 Å². The number of para-hydroxylation sites is 1. The van der Waals surface area contributed by atoms with Crippen LogP contribution in [0.3, 0.4) is 0 Å². The van der Waals surface area contributed by atoms with Crippen LogP contribution in [0.4, 0.5) is 11.4 Å². The highest BCUT2D eigenvalue weighted by Crippen LogP contribution is 2.22. The molecule has 0 spiro atoms. The number of nitrogens with one attached hydrogen (secondary N) is 2. The van der Waals surface area contributed by atoms with Crippen LogP contribution in [0.5, 0.6) is 11.5 Å². The minimum atomic E-state index is -0.0803. The van der Waals surface area contributed by atoms with Crippen LogP contribution in [0.25, 0.3) is 0 Å². The summed E-state index contributed by atoms with van der Waals surface area (Å²) in [4.78, 5) is 12.2. The van der Waals surface area contributed by atoms with Crippen molar-refractivity contribution in [3.05, 3.63) is 83.9 Å². The average molecular weight is 346 g/mol. The quantitative estimate of drug-likeness (QED) is 0.649. The molecule has 0 radical (unpaired) electrons. The number of benzene rings is 3. The van der Waals surface area contributed by atoms with Crippen molar-refractivity contribution in [3.63, 3.8) is 0 Å². The Balaban J connectivity index is 1.53. The molecule has 0 aliphatic carbocycles. The van der Waals surface area contributed by atoms with E-state index in [1.165, 1.54) is 0 Å². The normalized spacial score (nSPS) is 10.2. The molecule has 0 bridgehead atoms. The lowest BCUT2D eigenvalue weighted by atomic mass is 10.1. The van der Waals surface area contributed by atoms with E-state index in [-0.39, 0.29) is 12.5 Å². The summed E-state index contributed by atoms with van der Waals surface area (Å²) in [6.45, 7) is 4.19. The third-order valence-corrected chi connectivity index (χ3v) is 3.95. The number of hydrogen-bond donors (Lipinski definition) is 2. The van der Waals surface area contributed by atoms with E-state index in [4.69, 9.17) is 4.74 Å². The second kappa shape index (κ2) is 8.21. The molecule has 4 heteroatoms. The van der Waals surface area contributed by atoms with Gasteiger partial charge in [-0.1, -0.05) is 30.3 Å². The van der Waals surface area contributed by atoms with Gasteiger partial charge in [-0.25, -0.2) is 0 Å². The highest BCUT2D eigenvalue weighted by molar-refractivity contribution is 5.94. The molecule has 0 aliphatic rings. The maximum atomic E-state index is 12.2. The molecule has 3 aromatic rings. The second-order valence-electron chi connectivity index (χ2n) is 6.16. The zero-order chi connectivity index (χ0) is 18.4. The molecule has 26 heavy (non-hydrogen) atoms. The van der Waals surface area contributed by atoms with E-state index >= 15 is 0 Å². The van der Waals surface area contributed by atoms with Gasteiger partial charge >= 0.3 is 0 Å². The largest absolute Gasteiger partial charge is 0.457 e. The molecular weight excluding hydrogens is 324 g/mol. The van der Waals surface area contributed by atoms with Crippen LogP contribution in [0.1, 0.15) is 11.1 Å². The van der Waals surface area contributed by atoms with Crippen LogP contribution in [-0.4, -0.2) is 12.5 Å². The summed E-state index contributed by atoms with van der Waals surface area (Å²) in [5.74, 6) is 1.46. The lowest BCUT2D eigenvalue weighted by molar-refractivity contribution is -0.114. The standard InChI is InChI=1S/C22H22N2O2/c1-16-8-9-17(2)21(14-16)24-22(25)15-23-18-10-12-20(13-11-18)26-19-6-4-3-5-7-19/h3-14,23H,15H2,1-2H3,(H,24,25). The first-order chi connectivity index (χ1) is 12.6. The van der Waals surface area contributed by atoms with Crippen LogP contribution in [-0.2, 0) is 4.79 Å². The first kappa shape index (κ1) is 17.5. The van der Waals surface area contributed by atoms with Gasteiger partial charge < -0.3 is 15.4 Å². The molecule has 0 saturated heterocycles. The van der Waals surface area contributed by atoms with Crippen molar-refractivity contribution in [2.45, 2.75) is 13.8 Å². The van der Waals surface area contributed by atoms with Gasteiger partial charge in [-0.3, -0.25) is 4.79 Å². The molecule has 0 fully saturated rings. The molecule has 0 aromatic heterocycles. The fourth-order valence-corrected chi connectivity index (χ4v) is 2.51. The van der Waals surface area contributed by atoms with Crippen molar-refractivity contribution in [1.82, 2.24) is 0 Å². The Morgan fingerprint density at radius 3 is 2.31 bits per heavy atom. The average Bonchev–Trinajstić information content (AvgIpc) is 2.65. The molecule has 0 heterocycles. The number of hydrogen-bond acceptors (Lipinski definition) is 3. The van der Waals surface area contributed by atoms with E-state index in [1.807, 2.05) is 86.6 Å². The first-order valence-electron chi connectivity index (χ1n) is 8.54. The van der Waals surface area contributed by atoms with E-state index in [0.29, 0.717) is 0 Å². The fourth-order valence-electron chi connectivity index (χ4n) is 2.51. The Morgan fingerprint density at radius 2 is 1.58 bits per heavy atom. The summed E-state index contributed by atoms with van der Waals surface area (Å²) in [5.41, 5.74) is 3.88. The number of anilines is 2. The van der Waals surface area contributed by atoms with Crippen molar-refractivity contribution in [2.75, 3.05) is 17.2 Å². The van der Waals surface area contributed by atoms with Gasteiger partial charge in [0.25, 0.3) is 0 Å². The number of aryl methyl sites for hydroxylation is 2. The summed E-state index contributed by atoms with van der Waals surface area (Å²) in [6.07, 6.45) is 0. The Bertz CT molecular complexity index is 874. The van der Waals surface area contributed by atoms with Crippen LogP contribution in [0.15, 0.2) is 72.8 Å². The molecular formula is C22H22N2O2. The maximum Gasteiger partial charge on any atom is 0.243 e. The third kappa shape index (κ3) is 4.86. The predicted molar refractivity (Wildman–Crippen MR) is 106 cm³/mol. The van der Waals surface area contributed by atoms with E-state index in [2.05, 4.69) is 10.6 Å². The molecule has 0 saturated carbocycles. The van der Waals surface area contributed by atoms with Gasteiger partial charge in [0.15, 0.2) is 0 Å². The summed E-state index contributed by atoms with van der Waals surface area (Å²) in [6, 6.07) is 23.2. The summed E-state index contributed by atoms with van der Waals surface area (Å²) in [5, 5.41) is 6.06. The molecule has 0 atom stereocenters. The second-order valence-corrected chi connectivity index (χ2v) is 6.16. The Labute approximate surface area is 153 Å². The summed E-state index contributed by atoms with van der Waals surface area (Å²) in [7, 11) is 0. The van der Waals surface area contributed by atoms with Crippen LogP contribution in [0.2, 0.25) is 0 Å². The molecule has 0 unspecified atom stereocenters. The minimum Gasteiger partial charge on any atom is -0.457 e. The molecule has 132 valence electrons. The van der Waals surface area contributed by atoms with Crippen molar-refractivity contribution >= 4 is 17.3 Å². The first-order valence-corrected chi connectivity index (χ1v) is 8.54. The number of carbonyl (C=O) groups is 1. The number of rotatable bonds is 6. The summed E-state index contributed by atoms with van der Waals surface area (Å²) < 4.78 is 5.76. The Hall–Kier alpha value is -3.27. The van der Waals surface area contributed by atoms with Crippen LogP contribution < -0.4 is 15.4 Å². The molecule has 2 N–H and O–H groups in total. The van der Waals surface area contributed by atoms with E-state index in [9.17, 15) is 4.79 Å². The number of carbonyl (C=O) groups excluding carboxylic acids is 1. The predicted octanol–water partition coefficient (Wildman–Crippen LogP) is 5.15. The highest BCUT2D eigenvalue weighted by Gasteiger charge is 2.05. The van der Waals surface area contributed by atoms with Crippen molar-refractivity contribution in [1.29, 1.82) is 0 Å². The van der Waals surface area contributed by atoms with Crippen LogP contribution in [0, 0.1) is 13.8 Å². The van der Waals surface area contributed by atoms with Gasteiger partial charge in [0.2, 0.25) is 5.91 Å². The lowest BCUT2D eigenvalue weighted by Gasteiger charge is -2.11. The monoisotopic (exact) mass is 346 g/mol. The molecule has 0 aliphatic heterocycles. The molecule has 3 rings (SSSR count). The number of ether oxygens (including phenoxy) is 1. The van der Waals surface area contributed by atoms with Gasteiger partial charge in [0.1, 0.15) is 11.5 Å². The van der Waals surface area contributed by atoms with Crippen LogP contribution >= 0.6 is 0 Å². The van der Waals surface area contributed by atoms with Gasteiger partial charge in [0, 0.05) is 11.4 Å². The zero-order valence-corrected chi connectivity index (χ0v) is 15.0. The maximum absolute atomic E-state index is 12.2. The minimum absolute atomic E-state index is 0.0803. The van der Waals surface area contributed by atoms with Gasteiger partial charge in [0.05, 0.1) is 6.54 Å².